The number of carbonyl (C=O) groups is 1. The van der Waals surface area contributed by atoms with Crippen LogP contribution in [0.4, 0.5) is 15.9 Å². The van der Waals surface area contributed by atoms with Crippen molar-refractivity contribution in [3.8, 4) is 0 Å². The van der Waals surface area contributed by atoms with E-state index in [0.717, 1.165) is 0 Å². The summed E-state index contributed by atoms with van der Waals surface area (Å²) in [4.78, 5) is 18.6. The molecule has 0 unspecified atom stereocenters. The summed E-state index contributed by atoms with van der Waals surface area (Å²) in [6, 6.07) is 7.54. The first-order valence-corrected chi connectivity index (χ1v) is 4.81. The minimum absolute atomic E-state index is 0.0820. The number of carbonyl (C=O) groups excluding carboxylic acids is 1. The fourth-order valence-electron chi connectivity index (χ4n) is 1.32. The van der Waals surface area contributed by atoms with E-state index in [0.29, 0.717) is 5.69 Å². The van der Waals surface area contributed by atoms with Crippen LogP contribution in [0.1, 0.15) is 10.5 Å². The van der Waals surface area contributed by atoms with Crippen molar-refractivity contribution in [2.24, 2.45) is 5.73 Å². The van der Waals surface area contributed by atoms with Crippen LogP contribution in [-0.4, -0.2) is 15.9 Å². The van der Waals surface area contributed by atoms with Crippen LogP contribution in [0.3, 0.4) is 0 Å². The standard InChI is InChI=1S/C11H9FN4O/c12-8-4-1-5-9(16-8)15-7-3-2-6-14-10(7)11(13)17/h1-6H,(H2,13,17)(H,15,16). The van der Waals surface area contributed by atoms with Gasteiger partial charge in [-0.25, -0.2) is 9.97 Å². The zero-order valence-electron chi connectivity index (χ0n) is 8.72. The summed E-state index contributed by atoms with van der Waals surface area (Å²) in [5.41, 5.74) is 5.63. The molecule has 0 saturated carbocycles. The van der Waals surface area contributed by atoms with Crippen LogP contribution >= 0.6 is 0 Å². The fraction of sp³-hybridized carbons (Fsp3) is 0. The first-order valence-electron chi connectivity index (χ1n) is 4.81. The zero-order valence-corrected chi connectivity index (χ0v) is 8.72. The number of nitrogens with zero attached hydrogens (tertiary/aromatic N) is 2. The molecule has 2 aromatic heterocycles. The van der Waals surface area contributed by atoms with Gasteiger partial charge < -0.3 is 11.1 Å². The predicted octanol–water partition coefficient (Wildman–Crippen LogP) is 1.46. The molecule has 17 heavy (non-hydrogen) atoms. The highest BCUT2D eigenvalue weighted by Crippen LogP contribution is 2.17. The largest absolute Gasteiger partial charge is 0.364 e. The van der Waals surface area contributed by atoms with Gasteiger partial charge in [0.15, 0.2) is 5.69 Å². The molecule has 5 nitrogen and oxygen atoms in total. The van der Waals surface area contributed by atoms with E-state index in [1.165, 1.54) is 18.3 Å². The van der Waals surface area contributed by atoms with E-state index < -0.39 is 11.9 Å². The minimum Gasteiger partial charge on any atom is -0.364 e. The van der Waals surface area contributed by atoms with Gasteiger partial charge in [0.25, 0.3) is 5.91 Å². The lowest BCUT2D eigenvalue weighted by Crippen LogP contribution is -2.15. The highest BCUT2D eigenvalue weighted by atomic mass is 19.1. The smallest absolute Gasteiger partial charge is 0.269 e. The number of nitrogens with one attached hydrogen (secondary N) is 1. The van der Waals surface area contributed by atoms with E-state index in [9.17, 15) is 9.18 Å². The molecule has 0 fully saturated rings. The highest BCUT2D eigenvalue weighted by molar-refractivity contribution is 5.96. The summed E-state index contributed by atoms with van der Waals surface area (Å²) >= 11 is 0. The lowest BCUT2D eigenvalue weighted by molar-refractivity contribution is 0.0996. The molecule has 3 N–H and O–H groups in total. The second-order valence-corrected chi connectivity index (χ2v) is 3.23. The number of hydrogen-bond acceptors (Lipinski definition) is 4. The molecule has 86 valence electrons. The van der Waals surface area contributed by atoms with E-state index in [1.54, 1.807) is 18.2 Å². The Hall–Kier alpha value is -2.50. The van der Waals surface area contributed by atoms with Crippen molar-refractivity contribution in [2.45, 2.75) is 0 Å². The third-order valence-electron chi connectivity index (χ3n) is 2.02. The van der Waals surface area contributed by atoms with Crippen LogP contribution in [-0.2, 0) is 0 Å². The van der Waals surface area contributed by atoms with E-state index in [-0.39, 0.29) is 11.5 Å². The van der Waals surface area contributed by atoms with Crippen LogP contribution < -0.4 is 11.1 Å². The quantitative estimate of drug-likeness (QED) is 0.785. The Morgan fingerprint density at radius 3 is 2.82 bits per heavy atom. The Bertz CT molecular complexity index is 559. The number of pyridine rings is 2. The number of primary amides is 1. The van der Waals surface area contributed by atoms with Gasteiger partial charge in [0.05, 0.1) is 5.69 Å². The Balaban J connectivity index is 2.33. The van der Waals surface area contributed by atoms with Crippen molar-refractivity contribution in [1.82, 2.24) is 9.97 Å². The number of amides is 1. The molecule has 0 aliphatic carbocycles. The van der Waals surface area contributed by atoms with E-state index in [1.807, 2.05) is 0 Å². The summed E-state index contributed by atoms with van der Waals surface area (Å²) in [5.74, 6) is -0.996. The molecule has 2 aromatic rings. The monoisotopic (exact) mass is 232 g/mol. The predicted molar refractivity (Wildman–Crippen MR) is 60.2 cm³/mol. The zero-order chi connectivity index (χ0) is 12.3. The number of halogens is 1. The van der Waals surface area contributed by atoms with Gasteiger partial charge >= 0.3 is 0 Å². The van der Waals surface area contributed by atoms with Crippen molar-refractivity contribution in [1.29, 1.82) is 0 Å². The summed E-state index contributed by atoms with van der Waals surface area (Å²) in [6.07, 6.45) is 1.45. The van der Waals surface area contributed by atoms with Gasteiger partial charge in [0, 0.05) is 6.20 Å². The van der Waals surface area contributed by atoms with Crippen molar-refractivity contribution in [3.05, 3.63) is 48.2 Å². The number of hydrogen-bond donors (Lipinski definition) is 2. The Kier molecular flexibility index (Phi) is 2.95. The van der Waals surface area contributed by atoms with Crippen molar-refractivity contribution < 1.29 is 9.18 Å². The number of nitrogens with two attached hydrogens (primary N) is 1. The molecule has 1 amide bonds. The Labute approximate surface area is 96.5 Å². The Morgan fingerprint density at radius 1 is 1.29 bits per heavy atom. The lowest BCUT2D eigenvalue weighted by atomic mass is 10.3. The number of aromatic nitrogens is 2. The molecule has 2 rings (SSSR count). The summed E-state index contributed by atoms with van der Waals surface area (Å²) in [7, 11) is 0. The van der Waals surface area contributed by atoms with E-state index >= 15 is 0 Å². The second kappa shape index (κ2) is 4.56. The summed E-state index contributed by atoms with van der Waals surface area (Å²) < 4.78 is 12.9. The van der Waals surface area contributed by atoms with Crippen molar-refractivity contribution in [2.75, 3.05) is 5.32 Å². The molecule has 0 bridgehead atoms. The van der Waals surface area contributed by atoms with E-state index in [4.69, 9.17) is 5.73 Å². The molecular weight excluding hydrogens is 223 g/mol. The normalized spacial score (nSPS) is 9.94. The van der Waals surface area contributed by atoms with Gasteiger partial charge in [-0.2, -0.15) is 4.39 Å². The maximum absolute atomic E-state index is 12.9. The highest BCUT2D eigenvalue weighted by Gasteiger charge is 2.09. The van der Waals surface area contributed by atoms with E-state index in [2.05, 4.69) is 15.3 Å². The topological polar surface area (TPSA) is 80.9 Å². The molecule has 0 aliphatic heterocycles. The maximum atomic E-state index is 12.9. The molecule has 0 atom stereocenters. The van der Waals surface area contributed by atoms with Gasteiger partial charge in [-0.15, -0.1) is 0 Å². The van der Waals surface area contributed by atoms with Crippen molar-refractivity contribution in [3.63, 3.8) is 0 Å². The minimum atomic E-state index is -0.662. The average Bonchev–Trinajstić information content (AvgIpc) is 2.29. The van der Waals surface area contributed by atoms with Gasteiger partial charge in [-0.3, -0.25) is 4.79 Å². The van der Waals surface area contributed by atoms with Crippen LogP contribution in [0.2, 0.25) is 0 Å². The van der Waals surface area contributed by atoms with Crippen LogP contribution in [0.5, 0.6) is 0 Å². The molecule has 0 spiro atoms. The van der Waals surface area contributed by atoms with Crippen molar-refractivity contribution >= 4 is 17.4 Å². The van der Waals surface area contributed by atoms with Crippen LogP contribution in [0.25, 0.3) is 0 Å². The molecule has 0 aromatic carbocycles. The van der Waals surface area contributed by atoms with Crippen LogP contribution in [0, 0.1) is 5.95 Å². The average molecular weight is 232 g/mol. The first kappa shape index (κ1) is 11.0. The third kappa shape index (κ3) is 2.54. The fourth-order valence-corrected chi connectivity index (χ4v) is 1.32. The second-order valence-electron chi connectivity index (χ2n) is 3.23. The molecule has 0 saturated heterocycles. The van der Waals surface area contributed by atoms with Gasteiger partial charge in [0.1, 0.15) is 5.82 Å². The molecule has 0 aliphatic rings. The molecule has 0 radical (unpaired) electrons. The summed E-state index contributed by atoms with van der Waals surface area (Å²) in [5, 5.41) is 2.78. The first-order chi connectivity index (χ1) is 8.16. The molecular formula is C11H9FN4O. The third-order valence-corrected chi connectivity index (χ3v) is 2.02. The van der Waals surface area contributed by atoms with Gasteiger partial charge in [0.2, 0.25) is 5.95 Å². The lowest BCUT2D eigenvalue weighted by Gasteiger charge is -2.07. The van der Waals surface area contributed by atoms with Gasteiger partial charge in [-0.05, 0) is 24.3 Å². The number of anilines is 2. The Morgan fingerprint density at radius 2 is 2.12 bits per heavy atom. The maximum Gasteiger partial charge on any atom is 0.269 e. The number of rotatable bonds is 3. The SMILES string of the molecule is NC(=O)c1ncccc1Nc1cccc(F)n1. The van der Waals surface area contributed by atoms with Crippen LogP contribution in [0.15, 0.2) is 36.5 Å². The van der Waals surface area contributed by atoms with Gasteiger partial charge in [-0.1, -0.05) is 6.07 Å². The molecule has 2 heterocycles. The molecule has 6 heteroatoms. The summed E-state index contributed by atoms with van der Waals surface area (Å²) in [6.45, 7) is 0.